The van der Waals surface area contributed by atoms with E-state index in [0.717, 1.165) is 0 Å². The van der Waals surface area contributed by atoms with E-state index in [-0.39, 0.29) is 17.9 Å². The average Bonchev–Trinajstić information content (AvgIpc) is 3.05. The number of carbonyl (C=O) groups excluding carboxylic acids is 1. The molecular weight excluding hydrogens is 376 g/mol. The van der Waals surface area contributed by atoms with Crippen molar-refractivity contribution < 1.29 is 19.4 Å². The molecule has 0 fully saturated rings. The zero-order chi connectivity index (χ0) is 18.5. The molecule has 1 amide bonds. The number of benzene rings is 1. The molecule has 3 rings (SSSR count). The van der Waals surface area contributed by atoms with Crippen molar-refractivity contribution in [2.75, 3.05) is 11.9 Å². The number of hydrogen-bond donors (Lipinski definition) is 2. The van der Waals surface area contributed by atoms with Gasteiger partial charge in [0, 0.05) is 16.6 Å². The minimum absolute atomic E-state index is 0.0343. The topological polar surface area (TPSA) is 88.5 Å². The van der Waals surface area contributed by atoms with Gasteiger partial charge in [-0.1, -0.05) is 23.7 Å². The first kappa shape index (κ1) is 17.9. The van der Waals surface area contributed by atoms with Gasteiger partial charge in [0.25, 0.3) is 5.91 Å². The summed E-state index contributed by atoms with van der Waals surface area (Å²) in [7, 11) is 0. The highest BCUT2D eigenvalue weighted by Crippen LogP contribution is 2.36. The highest BCUT2D eigenvalue weighted by Gasteiger charge is 2.21. The van der Waals surface area contributed by atoms with E-state index in [9.17, 15) is 14.7 Å². The van der Waals surface area contributed by atoms with Crippen LogP contribution in [-0.4, -0.2) is 28.6 Å². The molecule has 0 radical (unpaired) electrons. The predicted molar refractivity (Wildman–Crippen MR) is 100 cm³/mol. The number of hydrogen-bond acceptors (Lipinski definition) is 5. The Morgan fingerprint density at radius 2 is 2.00 bits per heavy atom. The molecule has 0 saturated carbocycles. The minimum Gasteiger partial charge on any atom is -0.482 e. The summed E-state index contributed by atoms with van der Waals surface area (Å²) in [4.78, 5) is 28.2. The number of anilines is 1. The van der Waals surface area contributed by atoms with Crippen LogP contribution in [0.1, 0.15) is 10.4 Å². The summed E-state index contributed by atoms with van der Waals surface area (Å²) in [6, 6.07) is 10.2. The Kier molecular flexibility index (Phi) is 5.50. The van der Waals surface area contributed by atoms with Gasteiger partial charge in [0.05, 0.1) is 16.8 Å². The summed E-state index contributed by atoms with van der Waals surface area (Å²) >= 11 is 7.10. The zero-order valence-electron chi connectivity index (χ0n) is 13.3. The smallest absolute Gasteiger partial charge is 0.339 e. The van der Waals surface area contributed by atoms with E-state index in [1.54, 1.807) is 48.0 Å². The number of thiophene rings is 1. The lowest BCUT2D eigenvalue weighted by atomic mass is 10.1. The Labute approximate surface area is 158 Å². The van der Waals surface area contributed by atoms with E-state index in [1.165, 1.54) is 17.5 Å². The van der Waals surface area contributed by atoms with Crippen molar-refractivity contribution >= 4 is 40.5 Å². The molecule has 0 atom stereocenters. The number of carboxylic acid groups (broad SMARTS) is 1. The highest BCUT2D eigenvalue weighted by molar-refractivity contribution is 7.14. The predicted octanol–water partition coefficient (Wildman–Crippen LogP) is 4.18. The molecular formula is C18H13ClN2O4S. The van der Waals surface area contributed by atoms with E-state index < -0.39 is 11.9 Å². The molecule has 0 spiro atoms. The third-order valence-electron chi connectivity index (χ3n) is 3.39. The van der Waals surface area contributed by atoms with Gasteiger partial charge < -0.3 is 15.2 Å². The van der Waals surface area contributed by atoms with Crippen LogP contribution < -0.4 is 10.1 Å². The molecule has 2 heterocycles. The van der Waals surface area contributed by atoms with Gasteiger partial charge in [0.1, 0.15) is 11.3 Å². The van der Waals surface area contributed by atoms with Crippen molar-refractivity contribution in [1.29, 1.82) is 0 Å². The second-order valence-electron chi connectivity index (χ2n) is 5.19. The second-order valence-corrected chi connectivity index (χ2v) is 6.51. The highest BCUT2D eigenvalue weighted by atomic mass is 35.5. The molecule has 8 heteroatoms. The van der Waals surface area contributed by atoms with Crippen LogP contribution in [0.15, 0.2) is 54.2 Å². The molecule has 2 N–H and O–H groups in total. The van der Waals surface area contributed by atoms with Crippen molar-refractivity contribution in [3.8, 4) is 16.2 Å². The molecule has 1 aromatic carbocycles. The molecule has 0 unspecified atom stereocenters. The second kappa shape index (κ2) is 7.99. The number of carbonyl (C=O) groups is 2. The van der Waals surface area contributed by atoms with Gasteiger partial charge in [-0.3, -0.25) is 9.78 Å². The van der Waals surface area contributed by atoms with Crippen LogP contribution in [0.2, 0.25) is 5.02 Å². The molecule has 3 aromatic rings. The minimum atomic E-state index is -1.13. The van der Waals surface area contributed by atoms with Crippen LogP contribution in [0.4, 0.5) is 5.69 Å². The first-order chi connectivity index (χ1) is 12.5. The number of nitrogens with one attached hydrogen (secondary N) is 1. The van der Waals surface area contributed by atoms with Crippen molar-refractivity contribution in [2.24, 2.45) is 0 Å². The van der Waals surface area contributed by atoms with E-state index in [4.69, 9.17) is 16.3 Å². The molecule has 132 valence electrons. The maximum Gasteiger partial charge on any atom is 0.339 e. The normalized spacial score (nSPS) is 10.3. The lowest BCUT2D eigenvalue weighted by Crippen LogP contribution is -2.21. The third kappa shape index (κ3) is 4.19. The van der Waals surface area contributed by atoms with Gasteiger partial charge in [0.15, 0.2) is 6.61 Å². The fraction of sp³-hybridized carbons (Fsp3) is 0.0556. The number of carboxylic acids is 1. The van der Waals surface area contributed by atoms with Gasteiger partial charge >= 0.3 is 5.97 Å². The number of aromatic carboxylic acids is 1. The number of rotatable bonds is 6. The largest absolute Gasteiger partial charge is 0.482 e. The molecule has 0 aliphatic heterocycles. The Balaban J connectivity index is 1.76. The number of nitrogens with zero attached hydrogens (tertiary/aromatic N) is 1. The Morgan fingerprint density at radius 1 is 1.23 bits per heavy atom. The van der Waals surface area contributed by atoms with Crippen LogP contribution in [0.5, 0.6) is 5.75 Å². The molecule has 26 heavy (non-hydrogen) atoms. The lowest BCUT2D eigenvalue weighted by molar-refractivity contribution is -0.118. The van der Waals surface area contributed by atoms with Crippen molar-refractivity contribution in [1.82, 2.24) is 4.98 Å². The molecule has 2 aromatic heterocycles. The van der Waals surface area contributed by atoms with Crippen LogP contribution >= 0.6 is 22.9 Å². The summed E-state index contributed by atoms with van der Waals surface area (Å²) in [6.45, 7) is -0.253. The standard InChI is InChI=1S/C18H13ClN2O4S/c19-12-5-3-11(4-6-12)17-16(18(23)24)14(10-26-17)21-15(22)9-25-13-2-1-7-20-8-13/h1-8,10H,9H2,(H,21,22)(H,23,24). The van der Waals surface area contributed by atoms with Crippen molar-refractivity contribution in [2.45, 2.75) is 0 Å². The fourth-order valence-electron chi connectivity index (χ4n) is 2.24. The summed E-state index contributed by atoms with van der Waals surface area (Å²) in [5, 5.41) is 14.3. The van der Waals surface area contributed by atoms with E-state index in [0.29, 0.717) is 21.2 Å². The van der Waals surface area contributed by atoms with Gasteiger partial charge in [-0.25, -0.2) is 4.79 Å². The number of halogens is 1. The van der Waals surface area contributed by atoms with E-state index >= 15 is 0 Å². The van der Waals surface area contributed by atoms with Crippen LogP contribution in [-0.2, 0) is 4.79 Å². The molecule has 6 nitrogen and oxygen atoms in total. The third-order valence-corrected chi connectivity index (χ3v) is 4.67. The van der Waals surface area contributed by atoms with Crippen molar-refractivity contribution in [3.05, 3.63) is 64.8 Å². The molecule has 0 bridgehead atoms. The summed E-state index contributed by atoms with van der Waals surface area (Å²) < 4.78 is 5.31. The number of amides is 1. The SMILES string of the molecule is O=C(COc1cccnc1)Nc1csc(-c2ccc(Cl)cc2)c1C(=O)O. The van der Waals surface area contributed by atoms with Crippen LogP contribution in [0.25, 0.3) is 10.4 Å². The van der Waals surface area contributed by atoms with Crippen LogP contribution in [0, 0.1) is 0 Å². The molecule has 0 saturated heterocycles. The number of ether oxygens (including phenoxy) is 1. The van der Waals surface area contributed by atoms with Gasteiger partial charge in [0.2, 0.25) is 0 Å². The molecule has 0 aliphatic carbocycles. The summed E-state index contributed by atoms with van der Waals surface area (Å²) in [5.41, 5.74) is 0.975. The first-order valence-corrected chi connectivity index (χ1v) is 8.74. The van der Waals surface area contributed by atoms with Gasteiger partial charge in [-0.15, -0.1) is 11.3 Å². The van der Waals surface area contributed by atoms with Crippen molar-refractivity contribution in [3.63, 3.8) is 0 Å². The quantitative estimate of drug-likeness (QED) is 0.661. The number of pyridine rings is 1. The number of aromatic nitrogens is 1. The maximum atomic E-state index is 12.1. The lowest BCUT2D eigenvalue weighted by Gasteiger charge is -2.08. The zero-order valence-corrected chi connectivity index (χ0v) is 14.9. The van der Waals surface area contributed by atoms with Gasteiger partial charge in [-0.05, 0) is 29.8 Å². The maximum absolute atomic E-state index is 12.1. The Bertz CT molecular complexity index is 926. The Morgan fingerprint density at radius 3 is 2.65 bits per heavy atom. The Hall–Kier alpha value is -2.90. The van der Waals surface area contributed by atoms with Gasteiger partial charge in [-0.2, -0.15) is 0 Å². The first-order valence-electron chi connectivity index (χ1n) is 7.48. The molecule has 0 aliphatic rings. The fourth-order valence-corrected chi connectivity index (χ4v) is 3.37. The average molecular weight is 389 g/mol. The van der Waals surface area contributed by atoms with Crippen LogP contribution in [0.3, 0.4) is 0 Å². The van der Waals surface area contributed by atoms with E-state index in [1.807, 2.05) is 0 Å². The summed E-state index contributed by atoms with van der Waals surface area (Å²) in [6.07, 6.45) is 3.08. The van der Waals surface area contributed by atoms with E-state index in [2.05, 4.69) is 10.3 Å². The summed E-state index contributed by atoms with van der Waals surface area (Å²) in [5.74, 6) is -1.13. The monoisotopic (exact) mass is 388 g/mol.